The average molecular weight is 238 g/mol. The molecule has 0 aliphatic rings. The molecule has 0 saturated carbocycles. The number of rotatable bonds is 3. The average Bonchev–Trinajstić information content (AvgIpc) is 2.65. The summed E-state index contributed by atoms with van der Waals surface area (Å²) in [5.74, 6) is 0. The molecule has 1 aromatic carbocycles. The molecule has 2 aromatic rings. The Morgan fingerprint density at radius 3 is 2.40 bits per heavy atom. The third-order valence-corrected chi connectivity index (χ3v) is 3.48. The molecule has 1 aromatic heterocycles. The van der Waals surface area contributed by atoms with E-state index in [9.17, 15) is 0 Å². The Balaban J connectivity index is 2.11. The van der Waals surface area contributed by atoms with Crippen LogP contribution in [0.1, 0.15) is 10.4 Å². The van der Waals surface area contributed by atoms with Crippen LogP contribution in [0.25, 0.3) is 0 Å². The Hall–Kier alpha value is -0.990. The van der Waals surface area contributed by atoms with Crippen molar-refractivity contribution in [1.29, 1.82) is 0 Å². The maximum atomic E-state index is 5.88. The van der Waals surface area contributed by atoms with Crippen LogP contribution < -0.4 is 5.32 Å². The van der Waals surface area contributed by atoms with Gasteiger partial charge in [0.15, 0.2) is 0 Å². The molecule has 1 nitrogen and oxygen atoms in total. The SMILES string of the molecule is CNc1ccc(Cc2ccc(Cl)s2)cc1. The molecule has 0 aliphatic heterocycles. The summed E-state index contributed by atoms with van der Waals surface area (Å²) in [6.45, 7) is 0. The van der Waals surface area contributed by atoms with E-state index < -0.39 is 0 Å². The molecule has 0 bridgehead atoms. The van der Waals surface area contributed by atoms with Gasteiger partial charge in [0, 0.05) is 24.0 Å². The fraction of sp³-hybridized carbons (Fsp3) is 0.167. The second kappa shape index (κ2) is 4.69. The van der Waals surface area contributed by atoms with E-state index in [2.05, 4.69) is 35.6 Å². The van der Waals surface area contributed by atoms with Crippen molar-refractivity contribution in [3.63, 3.8) is 0 Å². The number of nitrogens with one attached hydrogen (secondary N) is 1. The molecule has 0 fully saturated rings. The molecule has 1 N–H and O–H groups in total. The van der Waals surface area contributed by atoms with Gasteiger partial charge >= 0.3 is 0 Å². The van der Waals surface area contributed by atoms with E-state index in [-0.39, 0.29) is 0 Å². The smallest absolute Gasteiger partial charge is 0.0931 e. The summed E-state index contributed by atoms with van der Waals surface area (Å²) in [5.41, 5.74) is 2.45. The van der Waals surface area contributed by atoms with Crippen molar-refractivity contribution in [3.8, 4) is 0 Å². The van der Waals surface area contributed by atoms with E-state index in [0.29, 0.717) is 0 Å². The predicted octanol–water partition coefficient (Wildman–Crippen LogP) is 4.03. The van der Waals surface area contributed by atoms with E-state index in [4.69, 9.17) is 11.6 Å². The Morgan fingerprint density at radius 1 is 1.13 bits per heavy atom. The number of benzene rings is 1. The first-order chi connectivity index (χ1) is 7.28. The van der Waals surface area contributed by atoms with Gasteiger partial charge in [-0.05, 0) is 29.8 Å². The Morgan fingerprint density at radius 2 is 1.87 bits per heavy atom. The maximum Gasteiger partial charge on any atom is 0.0931 e. The number of anilines is 1. The van der Waals surface area contributed by atoms with Gasteiger partial charge in [0.1, 0.15) is 0 Å². The fourth-order valence-corrected chi connectivity index (χ4v) is 2.56. The summed E-state index contributed by atoms with van der Waals surface area (Å²) in [5, 5.41) is 3.10. The van der Waals surface area contributed by atoms with Crippen molar-refractivity contribution in [1.82, 2.24) is 0 Å². The number of thiophene rings is 1. The number of hydrogen-bond donors (Lipinski definition) is 1. The lowest BCUT2D eigenvalue weighted by Crippen LogP contribution is -1.89. The van der Waals surface area contributed by atoms with Crippen LogP contribution in [0.4, 0.5) is 5.69 Å². The van der Waals surface area contributed by atoms with E-state index in [1.54, 1.807) is 11.3 Å². The third-order valence-electron chi connectivity index (χ3n) is 2.25. The molecule has 0 amide bonds. The highest BCUT2D eigenvalue weighted by Gasteiger charge is 1.99. The first kappa shape index (κ1) is 10.5. The Kier molecular flexibility index (Phi) is 3.29. The Bertz CT molecular complexity index is 433. The van der Waals surface area contributed by atoms with Crippen molar-refractivity contribution in [2.24, 2.45) is 0 Å². The van der Waals surface area contributed by atoms with E-state index in [1.165, 1.54) is 10.4 Å². The molecule has 0 atom stereocenters. The molecule has 0 radical (unpaired) electrons. The molecule has 2 rings (SSSR count). The van der Waals surface area contributed by atoms with Crippen molar-refractivity contribution >= 4 is 28.6 Å². The summed E-state index contributed by atoms with van der Waals surface area (Å²) < 4.78 is 0.858. The molecular weight excluding hydrogens is 226 g/mol. The topological polar surface area (TPSA) is 12.0 Å². The second-order valence-corrected chi connectivity index (χ2v) is 5.13. The van der Waals surface area contributed by atoms with Crippen molar-refractivity contribution in [2.45, 2.75) is 6.42 Å². The monoisotopic (exact) mass is 237 g/mol. The first-order valence-electron chi connectivity index (χ1n) is 4.79. The molecule has 15 heavy (non-hydrogen) atoms. The van der Waals surface area contributed by atoms with E-state index in [1.807, 2.05) is 13.1 Å². The highest BCUT2D eigenvalue weighted by molar-refractivity contribution is 7.16. The van der Waals surface area contributed by atoms with Gasteiger partial charge < -0.3 is 5.32 Å². The van der Waals surface area contributed by atoms with Crippen molar-refractivity contribution in [2.75, 3.05) is 12.4 Å². The summed E-state index contributed by atoms with van der Waals surface area (Å²) >= 11 is 7.53. The summed E-state index contributed by atoms with van der Waals surface area (Å²) in [4.78, 5) is 1.30. The van der Waals surface area contributed by atoms with Gasteiger partial charge in [0.2, 0.25) is 0 Å². The zero-order valence-electron chi connectivity index (χ0n) is 8.46. The van der Waals surface area contributed by atoms with Crippen molar-refractivity contribution in [3.05, 3.63) is 51.2 Å². The van der Waals surface area contributed by atoms with Crippen LogP contribution in [-0.2, 0) is 6.42 Å². The lowest BCUT2D eigenvalue weighted by atomic mass is 10.1. The summed E-state index contributed by atoms with van der Waals surface area (Å²) in [7, 11) is 1.92. The quantitative estimate of drug-likeness (QED) is 0.850. The molecule has 1 heterocycles. The van der Waals surface area contributed by atoms with Gasteiger partial charge in [-0.2, -0.15) is 0 Å². The van der Waals surface area contributed by atoms with Gasteiger partial charge in [0.05, 0.1) is 4.34 Å². The zero-order valence-corrected chi connectivity index (χ0v) is 10.0. The standard InChI is InChI=1S/C12H12ClNS/c1-14-10-4-2-9(3-5-10)8-11-6-7-12(13)15-11/h2-7,14H,8H2,1H3. The summed E-state index contributed by atoms with van der Waals surface area (Å²) in [6, 6.07) is 12.5. The molecule has 3 heteroatoms. The number of halogens is 1. The summed E-state index contributed by atoms with van der Waals surface area (Å²) in [6.07, 6.45) is 0.960. The van der Waals surface area contributed by atoms with Crippen LogP contribution >= 0.6 is 22.9 Å². The van der Waals surface area contributed by atoms with Crippen LogP contribution in [0.15, 0.2) is 36.4 Å². The van der Waals surface area contributed by atoms with Gasteiger partial charge in [-0.25, -0.2) is 0 Å². The molecule has 0 saturated heterocycles. The molecular formula is C12H12ClNS. The fourth-order valence-electron chi connectivity index (χ4n) is 1.44. The highest BCUT2D eigenvalue weighted by Crippen LogP contribution is 2.24. The van der Waals surface area contributed by atoms with Crippen LogP contribution in [0.5, 0.6) is 0 Å². The van der Waals surface area contributed by atoms with Crippen molar-refractivity contribution < 1.29 is 0 Å². The van der Waals surface area contributed by atoms with Crippen LogP contribution in [0.2, 0.25) is 4.34 Å². The normalized spacial score (nSPS) is 10.3. The predicted molar refractivity (Wildman–Crippen MR) is 68.1 cm³/mol. The minimum atomic E-state index is 0.858. The second-order valence-electron chi connectivity index (χ2n) is 3.33. The minimum absolute atomic E-state index is 0.858. The van der Waals surface area contributed by atoms with Gasteiger partial charge in [-0.3, -0.25) is 0 Å². The third kappa shape index (κ3) is 2.74. The van der Waals surface area contributed by atoms with Crippen LogP contribution in [-0.4, -0.2) is 7.05 Å². The lowest BCUT2D eigenvalue weighted by Gasteiger charge is -2.02. The molecule has 78 valence electrons. The van der Waals surface area contributed by atoms with Gasteiger partial charge in [-0.15, -0.1) is 11.3 Å². The van der Waals surface area contributed by atoms with Crippen LogP contribution in [0.3, 0.4) is 0 Å². The molecule has 0 unspecified atom stereocenters. The lowest BCUT2D eigenvalue weighted by molar-refractivity contribution is 1.24. The first-order valence-corrected chi connectivity index (χ1v) is 5.98. The van der Waals surface area contributed by atoms with E-state index >= 15 is 0 Å². The van der Waals surface area contributed by atoms with Crippen LogP contribution in [0, 0.1) is 0 Å². The highest BCUT2D eigenvalue weighted by atomic mass is 35.5. The molecule has 0 aliphatic carbocycles. The zero-order chi connectivity index (χ0) is 10.7. The largest absolute Gasteiger partial charge is 0.388 e. The Labute approximate surface area is 98.7 Å². The molecule has 0 spiro atoms. The minimum Gasteiger partial charge on any atom is -0.388 e. The van der Waals surface area contributed by atoms with Gasteiger partial charge in [-0.1, -0.05) is 23.7 Å². The number of hydrogen-bond acceptors (Lipinski definition) is 2. The van der Waals surface area contributed by atoms with Gasteiger partial charge in [0.25, 0.3) is 0 Å². The van der Waals surface area contributed by atoms with E-state index in [0.717, 1.165) is 16.4 Å². The maximum absolute atomic E-state index is 5.88.